The molecular formula is C19H20ClFN4. The maximum absolute atomic E-state index is 13.7. The second kappa shape index (κ2) is 6.73. The zero-order chi connectivity index (χ0) is 17.4. The first kappa shape index (κ1) is 16.5. The van der Waals surface area contributed by atoms with Gasteiger partial charge in [0.05, 0.1) is 10.7 Å². The summed E-state index contributed by atoms with van der Waals surface area (Å²) in [5.41, 5.74) is 3.00. The number of fused-ring (bicyclic) bond motifs is 1. The molecular weight excluding hydrogens is 339 g/mol. The molecule has 0 aliphatic carbocycles. The molecule has 130 valence electrons. The standard InChI is InChI=1S/C19H20ClFN4/c1-24-19-15(5-2-8-22-19)18(23-24)14-4-3-9-25(12-14)11-13-6-7-16(20)17(21)10-13/h2,5-8,10,14H,3-4,9,11-12H2,1H3. The molecule has 1 atom stereocenters. The third-order valence-electron chi connectivity index (χ3n) is 4.91. The minimum Gasteiger partial charge on any atom is -0.298 e. The van der Waals surface area contributed by atoms with Crippen LogP contribution in [0.25, 0.3) is 11.0 Å². The molecule has 1 saturated heterocycles. The van der Waals surface area contributed by atoms with Crippen LogP contribution in [-0.4, -0.2) is 32.8 Å². The lowest BCUT2D eigenvalue weighted by Crippen LogP contribution is -2.34. The van der Waals surface area contributed by atoms with E-state index in [9.17, 15) is 4.39 Å². The fourth-order valence-corrected chi connectivity index (χ4v) is 3.86. The molecule has 0 amide bonds. The summed E-state index contributed by atoms with van der Waals surface area (Å²) in [6.07, 6.45) is 4.03. The molecule has 0 spiro atoms. The number of hydrogen-bond acceptors (Lipinski definition) is 3. The molecule has 0 saturated carbocycles. The molecule has 2 aromatic heterocycles. The van der Waals surface area contributed by atoms with Crippen molar-refractivity contribution < 1.29 is 4.39 Å². The Kier molecular flexibility index (Phi) is 4.44. The molecule has 1 unspecified atom stereocenters. The third-order valence-corrected chi connectivity index (χ3v) is 5.22. The van der Waals surface area contributed by atoms with E-state index in [0.29, 0.717) is 5.92 Å². The van der Waals surface area contributed by atoms with E-state index in [-0.39, 0.29) is 10.8 Å². The van der Waals surface area contributed by atoms with Crippen molar-refractivity contribution in [3.8, 4) is 0 Å². The van der Waals surface area contributed by atoms with Gasteiger partial charge in [-0.1, -0.05) is 17.7 Å². The summed E-state index contributed by atoms with van der Waals surface area (Å²) in [7, 11) is 1.94. The second-order valence-electron chi connectivity index (χ2n) is 6.71. The van der Waals surface area contributed by atoms with Gasteiger partial charge in [0.1, 0.15) is 5.82 Å². The van der Waals surface area contributed by atoms with Crippen LogP contribution in [-0.2, 0) is 13.6 Å². The number of rotatable bonds is 3. The number of aromatic nitrogens is 3. The molecule has 4 nitrogen and oxygen atoms in total. The quantitative estimate of drug-likeness (QED) is 0.705. The largest absolute Gasteiger partial charge is 0.298 e. The van der Waals surface area contributed by atoms with E-state index in [4.69, 9.17) is 16.7 Å². The molecule has 3 heterocycles. The number of hydrogen-bond donors (Lipinski definition) is 0. The number of aryl methyl sites for hydroxylation is 1. The van der Waals surface area contributed by atoms with Crippen LogP contribution in [0.15, 0.2) is 36.5 Å². The van der Waals surface area contributed by atoms with Crippen LogP contribution in [0.5, 0.6) is 0 Å². The van der Waals surface area contributed by atoms with E-state index in [1.807, 2.05) is 23.9 Å². The molecule has 1 aromatic carbocycles. The first-order valence-corrected chi connectivity index (χ1v) is 8.93. The lowest BCUT2D eigenvalue weighted by molar-refractivity contribution is 0.198. The summed E-state index contributed by atoms with van der Waals surface area (Å²) in [5, 5.41) is 6.04. The Morgan fingerprint density at radius 1 is 1.32 bits per heavy atom. The predicted molar refractivity (Wildman–Crippen MR) is 97.2 cm³/mol. The summed E-state index contributed by atoms with van der Waals surface area (Å²) in [6, 6.07) is 9.12. The number of benzene rings is 1. The van der Waals surface area contributed by atoms with Gasteiger partial charge in [-0.05, 0) is 49.2 Å². The van der Waals surface area contributed by atoms with Crippen LogP contribution in [0, 0.1) is 5.82 Å². The van der Waals surface area contributed by atoms with Crippen LogP contribution >= 0.6 is 11.6 Å². The molecule has 1 fully saturated rings. The van der Waals surface area contributed by atoms with Crippen LogP contribution in [0.1, 0.15) is 30.0 Å². The molecule has 1 aliphatic heterocycles. The Hall–Kier alpha value is -1.98. The van der Waals surface area contributed by atoms with E-state index >= 15 is 0 Å². The number of halogens is 2. The Morgan fingerprint density at radius 2 is 2.20 bits per heavy atom. The highest BCUT2D eigenvalue weighted by Crippen LogP contribution is 2.31. The Labute approximate surface area is 151 Å². The number of pyridine rings is 1. The van der Waals surface area contributed by atoms with Gasteiger partial charge in [-0.15, -0.1) is 0 Å². The highest BCUT2D eigenvalue weighted by molar-refractivity contribution is 6.30. The summed E-state index contributed by atoms with van der Waals surface area (Å²) in [6.45, 7) is 2.67. The normalized spacial score (nSPS) is 18.8. The van der Waals surface area contributed by atoms with E-state index in [2.05, 4.69) is 16.0 Å². The van der Waals surface area contributed by atoms with Crippen molar-refractivity contribution in [2.45, 2.75) is 25.3 Å². The zero-order valence-electron chi connectivity index (χ0n) is 14.1. The van der Waals surface area contributed by atoms with Crippen molar-refractivity contribution in [3.05, 3.63) is 58.6 Å². The van der Waals surface area contributed by atoms with Crippen molar-refractivity contribution in [3.63, 3.8) is 0 Å². The highest BCUT2D eigenvalue weighted by atomic mass is 35.5. The average molecular weight is 359 g/mol. The summed E-state index contributed by atoms with van der Waals surface area (Å²) >= 11 is 5.78. The van der Waals surface area contributed by atoms with Crippen molar-refractivity contribution in [1.29, 1.82) is 0 Å². The summed E-state index contributed by atoms with van der Waals surface area (Å²) in [4.78, 5) is 6.80. The van der Waals surface area contributed by atoms with Gasteiger partial charge in [0, 0.05) is 37.6 Å². The van der Waals surface area contributed by atoms with Crippen LogP contribution in [0.4, 0.5) is 4.39 Å². The molecule has 0 bridgehead atoms. The fraction of sp³-hybridized carbons (Fsp3) is 0.368. The van der Waals surface area contributed by atoms with Crippen molar-refractivity contribution >= 4 is 22.6 Å². The van der Waals surface area contributed by atoms with Crippen LogP contribution in [0.3, 0.4) is 0 Å². The minimum atomic E-state index is -0.352. The maximum Gasteiger partial charge on any atom is 0.157 e. The van der Waals surface area contributed by atoms with Crippen molar-refractivity contribution in [2.24, 2.45) is 7.05 Å². The van der Waals surface area contributed by atoms with Crippen molar-refractivity contribution in [1.82, 2.24) is 19.7 Å². The minimum absolute atomic E-state index is 0.174. The SMILES string of the molecule is Cn1nc(C2CCCN(Cc3ccc(Cl)c(F)c3)C2)c2cccnc21. The lowest BCUT2D eigenvalue weighted by Gasteiger charge is -2.32. The molecule has 3 aromatic rings. The smallest absolute Gasteiger partial charge is 0.157 e. The number of piperidine rings is 1. The third kappa shape index (κ3) is 3.26. The van der Waals surface area contributed by atoms with Gasteiger partial charge < -0.3 is 0 Å². The number of likely N-dealkylation sites (tertiary alicyclic amines) is 1. The van der Waals surface area contributed by atoms with E-state index < -0.39 is 0 Å². The molecule has 0 radical (unpaired) electrons. The van der Waals surface area contributed by atoms with Gasteiger partial charge in [-0.25, -0.2) is 9.37 Å². The summed E-state index contributed by atoms with van der Waals surface area (Å²) in [5.74, 6) is 0.0216. The molecule has 0 N–H and O–H groups in total. The fourth-order valence-electron chi connectivity index (χ4n) is 3.74. The van der Waals surface area contributed by atoms with Gasteiger partial charge >= 0.3 is 0 Å². The van der Waals surface area contributed by atoms with Gasteiger partial charge in [-0.3, -0.25) is 9.58 Å². The second-order valence-corrected chi connectivity index (χ2v) is 7.11. The van der Waals surface area contributed by atoms with Gasteiger partial charge in [0.25, 0.3) is 0 Å². The zero-order valence-corrected chi connectivity index (χ0v) is 14.9. The monoisotopic (exact) mass is 358 g/mol. The highest BCUT2D eigenvalue weighted by Gasteiger charge is 2.25. The lowest BCUT2D eigenvalue weighted by atomic mass is 9.93. The first-order valence-electron chi connectivity index (χ1n) is 8.55. The molecule has 4 rings (SSSR count). The Balaban J connectivity index is 1.55. The van der Waals surface area contributed by atoms with Gasteiger partial charge in [-0.2, -0.15) is 5.10 Å². The Bertz CT molecular complexity index is 908. The van der Waals surface area contributed by atoms with E-state index in [1.54, 1.807) is 12.3 Å². The summed E-state index contributed by atoms with van der Waals surface area (Å²) < 4.78 is 15.5. The molecule has 25 heavy (non-hydrogen) atoms. The van der Waals surface area contributed by atoms with E-state index in [0.717, 1.165) is 54.8 Å². The first-order chi connectivity index (χ1) is 12.1. The molecule has 6 heteroatoms. The van der Waals surface area contributed by atoms with E-state index in [1.165, 1.54) is 6.07 Å². The topological polar surface area (TPSA) is 34.0 Å². The predicted octanol–water partition coefficient (Wildman–Crippen LogP) is 4.14. The molecule has 1 aliphatic rings. The average Bonchev–Trinajstić information content (AvgIpc) is 2.96. The number of nitrogens with zero attached hydrogens (tertiary/aromatic N) is 4. The van der Waals surface area contributed by atoms with Crippen LogP contribution < -0.4 is 0 Å². The Morgan fingerprint density at radius 3 is 3.04 bits per heavy atom. The maximum atomic E-state index is 13.7. The van der Waals surface area contributed by atoms with Crippen LogP contribution in [0.2, 0.25) is 5.02 Å². The van der Waals surface area contributed by atoms with Gasteiger partial charge in [0.2, 0.25) is 0 Å². The van der Waals surface area contributed by atoms with Gasteiger partial charge in [0.15, 0.2) is 5.65 Å². The van der Waals surface area contributed by atoms with Crippen molar-refractivity contribution in [2.75, 3.05) is 13.1 Å².